The van der Waals surface area contributed by atoms with Crippen LogP contribution < -0.4 is 14.4 Å². The number of para-hydroxylation sites is 1. The van der Waals surface area contributed by atoms with Gasteiger partial charge in [0.1, 0.15) is 12.1 Å². The van der Waals surface area contributed by atoms with E-state index < -0.39 is 0 Å². The summed E-state index contributed by atoms with van der Waals surface area (Å²) in [5.74, 6) is 2.27. The van der Waals surface area contributed by atoms with Gasteiger partial charge in [-0.05, 0) is 30.5 Å². The molecule has 3 aromatic rings. The monoisotopic (exact) mass is 357 g/mol. The largest absolute Gasteiger partial charge is 0.493 e. The zero-order valence-corrected chi connectivity index (χ0v) is 15.0. The van der Waals surface area contributed by atoms with Crippen LogP contribution >= 0.6 is 12.4 Å². The second-order valence-electron chi connectivity index (χ2n) is 5.81. The molecule has 0 aliphatic carbocycles. The lowest BCUT2D eigenvalue weighted by Gasteiger charge is -2.31. The molecule has 1 aromatic heterocycles. The molecule has 5 nitrogen and oxygen atoms in total. The molecule has 0 amide bonds. The number of anilines is 2. The van der Waals surface area contributed by atoms with Crippen LogP contribution in [0.3, 0.4) is 0 Å². The number of fused-ring (bicyclic) bond motifs is 2. The van der Waals surface area contributed by atoms with Crippen molar-refractivity contribution in [3.8, 4) is 11.5 Å². The van der Waals surface area contributed by atoms with Crippen molar-refractivity contribution in [3.05, 3.63) is 48.3 Å². The number of nitrogens with zero attached hydrogens (tertiary/aromatic N) is 3. The summed E-state index contributed by atoms with van der Waals surface area (Å²) in [6.07, 6.45) is 3.82. The second kappa shape index (κ2) is 7.15. The van der Waals surface area contributed by atoms with Gasteiger partial charge in [-0.3, -0.25) is 0 Å². The first kappa shape index (κ1) is 17.3. The summed E-state index contributed by atoms with van der Waals surface area (Å²) in [7, 11) is 3.27. The summed E-state index contributed by atoms with van der Waals surface area (Å²) in [5.41, 5.74) is 3.43. The highest BCUT2D eigenvalue weighted by Crippen LogP contribution is 2.39. The third-order valence-electron chi connectivity index (χ3n) is 4.49. The van der Waals surface area contributed by atoms with Crippen molar-refractivity contribution in [2.24, 2.45) is 0 Å². The highest BCUT2D eigenvalue weighted by Gasteiger charge is 2.21. The Hall–Kier alpha value is -2.53. The predicted molar refractivity (Wildman–Crippen MR) is 102 cm³/mol. The normalized spacial score (nSPS) is 13.1. The molecule has 25 heavy (non-hydrogen) atoms. The number of halogens is 1. The minimum atomic E-state index is 0. The van der Waals surface area contributed by atoms with Gasteiger partial charge in [0.05, 0.1) is 19.7 Å². The molecule has 0 unspecified atom stereocenters. The molecule has 0 radical (unpaired) electrons. The van der Waals surface area contributed by atoms with Crippen LogP contribution in [0.5, 0.6) is 11.5 Å². The molecule has 4 rings (SSSR count). The number of hydrogen-bond donors (Lipinski definition) is 0. The molecule has 0 spiro atoms. The first-order chi connectivity index (χ1) is 11.8. The van der Waals surface area contributed by atoms with E-state index in [0.717, 1.165) is 36.1 Å². The van der Waals surface area contributed by atoms with E-state index in [-0.39, 0.29) is 12.4 Å². The Kier molecular flexibility index (Phi) is 4.95. The quantitative estimate of drug-likeness (QED) is 0.704. The van der Waals surface area contributed by atoms with Gasteiger partial charge >= 0.3 is 0 Å². The molecule has 2 aromatic carbocycles. The van der Waals surface area contributed by atoms with E-state index in [2.05, 4.69) is 39.1 Å². The summed E-state index contributed by atoms with van der Waals surface area (Å²) >= 11 is 0. The molecule has 0 bridgehead atoms. The Balaban J connectivity index is 0.00000182. The van der Waals surface area contributed by atoms with Gasteiger partial charge in [-0.15, -0.1) is 12.4 Å². The molecule has 0 saturated heterocycles. The number of aryl methyl sites for hydroxylation is 1. The minimum absolute atomic E-state index is 0. The summed E-state index contributed by atoms with van der Waals surface area (Å²) in [5, 5.41) is 0.965. The van der Waals surface area contributed by atoms with Gasteiger partial charge in [0, 0.05) is 23.7 Å². The standard InChI is InChI=1S/C19H19N3O2.ClH/c1-23-17-10-14-15(11-18(17)24-2)20-12-21-19(14)22-9-5-7-13-6-3-4-8-16(13)22;/h3-4,6,8,10-12H,5,7,9H2,1-2H3;1H. The zero-order valence-electron chi connectivity index (χ0n) is 14.2. The maximum Gasteiger partial charge on any atom is 0.162 e. The minimum Gasteiger partial charge on any atom is -0.493 e. The average Bonchev–Trinajstić information content (AvgIpc) is 2.66. The fourth-order valence-corrected chi connectivity index (χ4v) is 3.34. The maximum atomic E-state index is 5.46. The molecule has 6 heteroatoms. The Bertz CT molecular complexity index is 901. The third kappa shape index (κ3) is 2.96. The van der Waals surface area contributed by atoms with Crippen LogP contribution in [0.25, 0.3) is 10.9 Å². The lowest BCUT2D eigenvalue weighted by Crippen LogP contribution is -2.25. The zero-order chi connectivity index (χ0) is 16.5. The SMILES string of the molecule is COc1cc2ncnc(N3CCCc4ccccc43)c2cc1OC.Cl. The number of methoxy groups -OCH3 is 2. The van der Waals surface area contributed by atoms with Crippen LogP contribution in [-0.2, 0) is 6.42 Å². The van der Waals surface area contributed by atoms with Gasteiger partial charge in [0.2, 0.25) is 0 Å². The number of aromatic nitrogens is 2. The van der Waals surface area contributed by atoms with Crippen LogP contribution in [0.15, 0.2) is 42.7 Å². The van der Waals surface area contributed by atoms with Gasteiger partial charge < -0.3 is 14.4 Å². The average molecular weight is 358 g/mol. The van der Waals surface area contributed by atoms with Crippen molar-refractivity contribution in [1.29, 1.82) is 0 Å². The molecule has 0 saturated carbocycles. The molecule has 0 atom stereocenters. The van der Waals surface area contributed by atoms with Crippen molar-refractivity contribution >= 4 is 34.8 Å². The molecular formula is C19H20ClN3O2. The van der Waals surface area contributed by atoms with Crippen molar-refractivity contribution in [2.45, 2.75) is 12.8 Å². The van der Waals surface area contributed by atoms with E-state index in [4.69, 9.17) is 9.47 Å². The number of hydrogen-bond acceptors (Lipinski definition) is 5. The fourth-order valence-electron chi connectivity index (χ4n) is 3.34. The number of rotatable bonds is 3. The van der Waals surface area contributed by atoms with E-state index in [9.17, 15) is 0 Å². The van der Waals surface area contributed by atoms with E-state index in [1.807, 2.05) is 12.1 Å². The highest BCUT2D eigenvalue weighted by molar-refractivity contribution is 5.94. The molecule has 2 heterocycles. The van der Waals surface area contributed by atoms with Gasteiger partial charge in [-0.2, -0.15) is 0 Å². The lowest BCUT2D eigenvalue weighted by atomic mass is 10.0. The van der Waals surface area contributed by atoms with Crippen molar-refractivity contribution < 1.29 is 9.47 Å². The van der Waals surface area contributed by atoms with Crippen LogP contribution in [-0.4, -0.2) is 30.7 Å². The van der Waals surface area contributed by atoms with Crippen LogP contribution in [0.2, 0.25) is 0 Å². The highest BCUT2D eigenvalue weighted by atomic mass is 35.5. The Morgan fingerprint density at radius 2 is 1.76 bits per heavy atom. The van der Waals surface area contributed by atoms with Gasteiger partial charge in [0.15, 0.2) is 11.5 Å². The Labute approximate surface area is 153 Å². The topological polar surface area (TPSA) is 47.5 Å². The van der Waals surface area contributed by atoms with E-state index >= 15 is 0 Å². The van der Waals surface area contributed by atoms with Crippen LogP contribution in [0.1, 0.15) is 12.0 Å². The second-order valence-corrected chi connectivity index (χ2v) is 5.81. The summed E-state index contributed by atoms with van der Waals surface area (Å²) < 4.78 is 10.8. The van der Waals surface area contributed by atoms with Gasteiger partial charge in [0.25, 0.3) is 0 Å². The van der Waals surface area contributed by atoms with E-state index in [1.54, 1.807) is 20.5 Å². The van der Waals surface area contributed by atoms with E-state index in [1.165, 1.54) is 11.3 Å². The first-order valence-electron chi connectivity index (χ1n) is 8.04. The Morgan fingerprint density at radius 1 is 1.00 bits per heavy atom. The maximum absolute atomic E-state index is 5.46. The van der Waals surface area contributed by atoms with E-state index in [0.29, 0.717) is 11.5 Å². The van der Waals surface area contributed by atoms with Gasteiger partial charge in [-0.25, -0.2) is 9.97 Å². The Morgan fingerprint density at radius 3 is 2.56 bits per heavy atom. The van der Waals surface area contributed by atoms with Crippen molar-refractivity contribution in [3.63, 3.8) is 0 Å². The van der Waals surface area contributed by atoms with Crippen LogP contribution in [0.4, 0.5) is 11.5 Å². The first-order valence-corrected chi connectivity index (χ1v) is 8.04. The molecule has 0 N–H and O–H groups in total. The fraction of sp³-hybridized carbons (Fsp3) is 0.263. The third-order valence-corrected chi connectivity index (χ3v) is 4.49. The molecule has 130 valence electrons. The lowest BCUT2D eigenvalue weighted by molar-refractivity contribution is 0.356. The smallest absolute Gasteiger partial charge is 0.162 e. The summed E-state index contributed by atoms with van der Waals surface area (Å²) in [6, 6.07) is 12.4. The molecule has 0 fully saturated rings. The number of ether oxygens (including phenoxy) is 2. The molecule has 1 aliphatic heterocycles. The predicted octanol–water partition coefficient (Wildman–Crippen LogP) is 4.15. The van der Waals surface area contributed by atoms with Crippen LogP contribution in [0, 0.1) is 0 Å². The molecular weight excluding hydrogens is 338 g/mol. The number of benzene rings is 2. The molecule has 1 aliphatic rings. The van der Waals surface area contributed by atoms with Crippen molar-refractivity contribution in [1.82, 2.24) is 9.97 Å². The summed E-state index contributed by atoms with van der Waals surface area (Å²) in [6.45, 7) is 0.942. The summed E-state index contributed by atoms with van der Waals surface area (Å²) in [4.78, 5) is 11.3. The van der Waals surface area contributed by atoms with Crippen molar-refractivity contribution in [2.75, 3.05) is 25.7 Å². The van der Waals surface area contributed by atoms with Gasteiger partial charge in [-0.1, -0.05) is 18.2 Å².